The number of hydrogen-bond acceptors (Lipinski definition) is 11. The molecular formula is C29H15N5O6S3. The minimum Gasteiger partial charge on any atom is -0.450 e. The summed E-state index contributed by atoms with van der Waals surface area (Å²) in [6, 6.07) is 21.2. The Morgan fingerprint density at radius 3 is 2.44 bits per heavy atom. The van der Waals surface area contributed by atoms with Gasteiger partial charge in [-0.3, -0.25) is 24.5 Å². The summed E-state index contributed by atoms with van der Waals surface area (Å²) in [7, 11) is 0. The number of imide groups is 1. The predicted octanol–water partition coefficient (Wildman–Crippen LogP) is 6.64. The Hall–Kier alpha value is -5.05. The lowest BCUT2D eigenvalue weighted by atomic mass is 10.1. The fraction of sp³-hybridized carbons (Fsp3) is 0. The van der Waals surface area contributed by atoms with Crippen molar-refractivity contribution in [1.29, 1.82) is 0 Å². The number of nitro groups is 1. The van der Waals surface area contributed by atoms with Crippen LogP contribution >= 0.6 is 34.9 Å². The van der Waals surface area contributed by atoms with Crippen LogP contribution in [-0.2, 0) is 4.79 Å². The van der Waals surface area contributed by atoms with Gasteiger partial charge in [-0.1, -0.05) is 12.1 Å². The van der Waals surface area contributed by atoms with Crippen molar-refractivity contribution >= 4 is 91.1 Å². The molecule has 210 valence electrons. The van der Waals surface area contributed by atoms with Crippen molar-refractivity contribution in [3.05, 3.63) is 111 Å². The van der Waals surface area contributed by atoms with Gasteiger partial charge < -0.3 is 9.73 Å². The van der Waals surface area contributed by atoms with E-state index in [-0.39, 0.29) is 23.4 Å². The maximum absolute atomic E-state index is 12.9. The Bertz CT molecular complexity index is 2030. The number of fused-ring (bicyclic) bond motifs is 2. The maximum Gasteiger partial charge on any atom is 0.269 e. The number of nitro benzene ring substituents is 1. The number of hydrogen-bond donors (Lipinski definition) is 1. The number of rotatable bonds is 6. The van der Waals surface area contributed by atoms with Crippen molar-refractivity contribution in [3.63, 3.8) is 0 Å². The lowest BCUT2D eigenvalue weighted by molar-refractivity contribution is -0.384. The zero-order chi connectivity index (χ0) is 29.7. The van der Waals surface area contributed by atoms with Gasteiger partial charge in [0, 0.05) is 18.2 Å². The summed E-state index contributed by atoms with van der Waals surface area (Å²) in [5, 5.41) is 14.4. The molecule has 1 N–H and O–H groups in total. The number of aromatic nitrogens is 1. The predicted molar refractivity (Wildman–Crippen MR) is 164 cm³/mol. The highest BCUT2D eigenvalue weighted by molar-refractivity contribution is 8.18. The van der Waals surface area contributed by atoms with Gasteiger partial charge in [-0.25, -0.2) is 14.9 Å². The fourth-order valence-electron chi connectivity index (χ4n) is 4.43. The second-order valence-electron chi connectivity index (χ2n) is 9.14. The maximum atomic E-state index is 12.9. The van der Waals surface area contributed by atoms with E-state index in [1.165, 1.54) is 52.3 Å². The minimum absolute atomic E-state index is 0.0453. The SMILES string of the molecule is O=C1NC(=Nc2ccc([N+](=O)[O-])cc2)S/C1=C\c1ccc(Sc2nc3ccc(N4C(=O)c5ccccc5C4=O)cc3s2)o1. The second-order valence-corrected chi connectivity index (χ2v) is 12.5. The average molecular weight is 626 g/mol. The molecular weight excluding hydrogens is 611 g/mol. The Balaban J connectivity index is 1.05. The largest absolute Gasteiger partial charge is 0.450 e. The summed E-state index contributed by atoms with van der Waals surface area (Å²) in [6.07, 6.45) is 1.61. The summed E-state index contributed by atoms with van der Waals surface area (Å²) >= 11 is 3.85. The Morgan fingerprint density at radius 1 is 0.977 bits per heavy atom. The van der Waals surface area contributed by atoms with E-state index in [0.717, 1.165) is 22.0 Å². The lowest BCUT2D eigenvalue weighted by Crippen LogP contribution is -2.29. The first kappa shape index (κ1) is 26.8. The van der Waals surface area contributed by atoms with Crippen molar-refractivity contribution < 1.29 is 23.7 Å². The van der Waals surface area contributed by atoms with Crippen LogP contribution in [0.5, 0.6) is 0 Å². The number of anilines is 1. The molecule has 3 amide bonds. The molecule has 7 rings (SSSR count). The molecule has 0 unspecified atom stereocenters. The van der Waals surface area contributed by atoms with Crippen molar-refractivity contribution in [2.24, 2.45) is 4.99 Å². The summed E-state index contributed by atoms with van der Waals surface area (Å²) in [5.41, 5.74) is 2.40. The number of furan rings is 1. The van der Waals surface area contributed by atoms with Crippen molar-refractivity contribution in [3.8, 4) is 0 Å². The summed E-state index contributed by atoms with van der Waals surface area (Å²) in [6.45, 7) is 0. The topological polar surface area (TPSA) is 148 Å². The molecule has 0 atom stereocenters. The van der Waals surface area contributed by atoms with Gasteiger partial charge in [-0.2, -0.15) is 0 Å². The van der Waals surface area contributed by atoms with Gasteiger partial charge in [0.1, 0.15) is 5.76 Å². The van der Waals surface area contributed by atoms with E-state index < -0.39 is 4.92 Å². The molecule has 11 nitrogen and oxygen atoms in total. The molecule has 2 aliphatic rings. The molecule has 1 saturated heterocycles. The number of thiazole rings is 1. The van der Waals surface area contributed by atoms with Crippen molar-refractivity contribution in [1.82, 2.24) is 10.3 Å². The van der Waals surface area contributed by atoms with Crippen molar-refractivity contribution in [2.45, 2.75) is 9.43 Å². The van der Waals surface area contributed by atoms with Gasteiger partial charge in [-0.15, -0.1) is 11.3 Å². The summed E-state index contributed by atoms with van der Waals surface area (Å²) < 4.78 is 7.42. The van der Waals surface area contributed by atoms with Crippen LogP contribution in [0, 0.1) is 10.1 Å². The normalized spacial score (nSPS) is 16.5. The first-order chi connectivity index (χ1) is 20.8. The summed E-state index contributed by atoms with van der Waals surface area (Å²) in [4.78, 5) is 59.1. The molecule has 5 aromatic rings. The third-order valence-corrected chi connectivity index (χ3v) is 9.32. The lowest BCUT2D eigenvalue weighted by Gasteiger charge is -2.13. The fourth-order valence-corrected chi connectivity index (χ4v) is 7.25. The number of thioether (sulfide) groups is 1. The average Bonchev–Trinajstić information content (AvgIpc) is 3.75. The van der Waals surface area contributed by atoms with E-state index in [1.54, 1.807) is 60.7 Å². The number of benzene rings is 3. The van der Waals surface area contributed by atoms with Gasteiger partial charge in [0.05, 0.1) is 42.5 Å². The van der Waals surface area contributed by atoms with Crippen LogP contribution in [0.25, 0.3) is 16.3 Å². The van der Waals surface area contributed by atoms with E-state index in [0.29, 0.717) is 47.8 Å². The van der Waals surface area contributed by atoms with Crippen molar-refractivity contribution in [2.75, 3.05) is 4.90 Å². The van der Waals surface area contributed by atoms with E-state index in [9.17, 15) is 24.5 Å². The number of non-ortho nitro benzene ring substituents is 1. The Labute approximate surface area is 254 Å². The molecule has 2 aliphatic heterocycles. The number of amides is 3. The second kappa shape index (κ2) is 10.7. The highest BCUT2D eigenvalue weighted by Crippen LogP contribution is 2.38. The third-order valence-electron chi connectivity index (χ3n) is 6.41. The van der Waals surface area contributed by atoms with Gasteiger partial charge in [0.25, 0.3) is 23.4 Å². The quantitative estimate of drug-likeness (QED) is 0.0948. The monoisotopic (exact) mass is 625 g/mol. The van der Waals surface area contributed by atoms with Crippen LogP contribution in [-0.4, -0.2) is 32.8 Å². The van der Waals surface area contributed by atoms with Gasteiger partial charge in [0.2, 0.25) is 0 Å². The van der Waals surface area contributed by atoms with E-state index in [4.69, 9.17) is 4.42 Å². The summed E-state index contributed by atoms with van der Waals surface area (Å²) in [5.74, 6) is -0.577. The minimum atomic E-state index is -0.492. The molecule has 0 bridgehead atoms. The molecule has 0 saturated carbocycles. The van der Waals surface area contributed by atoms with Crippen LogP contribution < -0.4 is 10.2 Å². The number of nitrogens with zero attached hydrogens (tertiary/aromatic N) is 4. The zero-order valence-corrected chi connectivity index (χ0v) is 24.0. The molecule has 43 heavy (non-hydrogen) atoms. The Morgan fingerprint density at radius 2 is 1.72 bits per heavy atom. The molecule has 0 spiro atoms. The van der Waals surface area contributed by atoms with Crippen LogP contribution in [0.15, 0.2) is 103 Å². The Kier molecular flexibility index (Phi) is 6.65. The first-order valence-electron chi connectivity index (χ1n) is 12.5. The highest BCUT2D eigenvalue weighted by Gasteiger charge is 2.36. The van der Waals surface area contributed by atoms with Gasteiger partial charge >= 0.3 is 0 Å². The first-order valence-corrected chi connectivity index (χ1v) is 15.0. The van der Waals surface area contributed by atoms with Crippen LogP contribution in [0.1, 0.15) is 26.5 Å². The smallest absolute Gasteiger partial charge is 0.269 e. The standard InChI is InChI=1S/C29H15N5O6S3/c35-25-23(41-28(32-25)30-15-5-7-16(8-6-15)34(38)39)14-18-10-12-24(40-18)43-29-31-21-11-9-17(13-22(21)42-29)33-26(36)19-3-1-2-4-20(19)27(33)37/h1-14H,(H,30,32,35)/b23-14-. The van der Waals surface area contributed by atoms with E-state index in [2.05, 4.69) is 15.3 Å². The molecule has 3 aromatic carbocycles. The number of carbonyl (C=O) groups is 3. The van der Waals surface area contributed by atoms with Gasteiger partial charge in [-0.05, 0) is 78.1 Å². The zero-order valence-electron chi connectivity index (χ0n) is 21.5. The third kappa shape index (κ3) is 5.11. The van der Waals surface area contributed by atoms with E-state index >= 15 is 0 Å². The van der Waals surface area contributed by atoms with Gasteiger partial charge in [0.15, 0.2) is 14.6 Å². The molecule has 2 aromatic heterocycles. The number of nitrogens with one attached hydrogen (secondary N) is 1. The molecule has 4 heterocycles. The highest BCUT2D eigenvalue weighted by atomic mass is 32.2. The number of aliphatic imine (C=N–C) groups is 1. The molecule has 0 radical (unpaired) electrons. The number of carbonyl (C=O) groups excluding carboxylic acids is 3. The molecule has 1 fully saturated rings. The molecule has 14 heteroatoms. The number of amidine groups is 1. The molecule has 0 aliphatic carbocycles. The van der Waals surface area contributed by atoms with Crippen LogP contribution in [0.4, 0.5) is 17.1 Å². The van der Waals surface area contributed by atoms with Crippen LogP contribution in [0.2, 0.25) is 0 Å². The van der Waals surface area contributed by atoms with E-state index in [1.807, 2.05) is 0 Å². The van der Waals surface area contributed by atoms with Crippen LogP contribution in [0.3, 0.4) is 0 Å².